The van der Waals surface area contributed by atoms with Crippen LogP contribution in [0, 0.1) is 38.4 Å². The van der Waals surface area contributed by atoms with Crippen molar-refractivity contribution in [3.63, 3.8) is 0 Å². The van der Waals surface area contributed by atoms with Gasteiger partial charge in [0.25, 0.3) is 0 Å². The van der Waals surface area contributed by atoms with Gasteiger partial charge in [0.05, 0.1) is 10.9 Å². The summed E-state index contributed by atoms with van der Waals surface area (Å²) in [5.74, 6) is 1.56. The van der Waals surface area contributed by atoms with Crippen molar-refractivity contribution in [3.8, 4) is 11.3 Å². The third kappa shape index (κ3) is 3.45. The summed E-state index contributed by atoms with van der Waals surface area (Å²) in [5, 5.41) is 2.28. The van der Waals surface area contributed by atoms with Crippen LogP contribution in [0.25, 0.3) is 22.0 Å². The van der Waals surface area contributed by atoms with Crippen LogP contribution in [0.3, 0.4) is 0 Å². The van der Waals surface area contributed by atoms with E-state index in [1.165, 1.54) is 10.9 Å². The largest absolute Gasteiger partial charge is 0.223 e. The molecule has 0 saturated carbocycles. The van der Waals surface area contributed by atoms with E-state index in [0.29, 0.717) is 23.3 Å². The Morgan fingerprint density at radius 3 is 2.11 bits per heavy atom. The van der Waals surface area contributed by atoms with Gasteiger partial charge in [-0.05, 0) is 72.2 Å². The molecule has 0 atom stereocenters. The summed E-state index contributed by atoms with van der Waals surface area (Å²) >= 11 is 0. The van der Waals surface area contributed by atoms with E-state index in [1.54, 1.807) is 0 Å². The Morgan fingerprint density at radius 1 is 0.857 bits per heavy atom. The third-order valence-corrected chi connectivity index (χ3v) is 6.18. The lowest BCUT2D eigenvalue weighted by atomic mass is 9.79. The predicted molar refractivity (Wildman–Crippen MR) is 117 cm³/mol. The van der Waals surface area contributed by atoms with E-state index in [1.807, 2.05) is 27.0 Å². The smallest absolute Gasteiger partial charge is 0.206 e. The van der Waals surface area contributed by atoms with E-state index < -0.39 is 0 Å². The Kier molecular flexibility index (Phi) is 5.61. The maximum Gasteiger partial charge on any atom is 0.223 e. The zero-order chi connectivity index (χ0) is 20.7. The molecule has 28 heavy (non-hydrogen) atoms. The lowest BCUT2D eigenvalue weighted by molar-refractivity contribution is -0.659. The first-order valence-corrected chi connectivity index (χ1v) is 10.3. The molecule has 1 aromatic heterocycles. The van der Waals surface area contributed by atoms with Gasteiger partial charge in [-0.2, -0.15) is 0 Å². The van der Waals surface area contributed by atoms with Crippen molar-refractivity contribution in [2.45, 2.75) is 54.4 Å². The van der Waals surface area contributed by atoms with Crippen LogP contribution in [-0.2, 0) is 7.05 Å². The highest BCUT2D eigenvalue weighted by Crippen LogP contribution is 2.37. The molecule has 0 aliphatic carbocycles. The van der Waals surface area contributed by atoms with E-state index in [0.717, 1.165) is 27.8 Å². The van der Waals surface area contributed by atoms with Crippen molar-refractivity contribution < 1.29 is 8.96 Å². The summed E-state index contributed by atoms with van der Waals surface area (Å²) in [5.41, 5.74) is 5.89. The SMILES string of the molecule is Cc1cc(C)c(F)c(-c2c3ccc(C(C(C)C)C(C)C)cc3cc[n+]2C)c1C. The maximum absolute atomic E-state index is 15.2. The highest BCUT2D eigenvalue weighted by atomic mass is 19.1. The minimum Gasteiger partial charge on any atom is -0.206 e. The Morgan fingerprint density at radius 2 is 1.50 bits per heavy atom. The third-order valence-electron chi connectivity index (χ3n) is 6.18. The molecule has 0 radical (unpaired) electrons. The van der Waals surface area contributed by atoms with Crippen molar-refractivity contribution >= 4 is 10.8 Å². The van der Waals surface area contributed by atoms with E-state index in [2.05, 4.69) is 69.6 Å². The van der Waals surface area contributed by atoms with E-state index in [9.17, 15) is 0 Å². The van der Waals surface area contributed by atoms with Gasteiger partial charge in [0.2, 0.25) is 5.69 Å². The highest BCUT2D eigenvalue weighted by Gasteiger charge is 2.25. The Hall–Kier alpha value is -2.22. The number of pyridine rings is 1. The number of hydrogen-bond acceptors (Lipinski definition) is 0. The predicted octanol–water partition coefficient (Wildman–Crippen LogP) is 6.79. The van der Waals surface area contributed by atoms with Crippen LogP contribution in [0.15, 0.2) is 36.5 Å². The zero-order valence-corrected chi connectivity index (χ0v) is 18.5. The summed E-state index contributed by atoms with van der Waals surface area (Å²) < 4.78 is 17.3. The second kappa shape index (κ2) is 7.66. The average Bonchev–Trinajstić information content (AvgIpc) is 2.61. The molecule has 1 heterocycles. The van der Waals surface area contributed by atoms with Crippen LogP contribution in [0.1, 0.15) is 55.9 Å². The second-order valence-electron chi connectivity index (χ2n) is 8.96. The Labute approximate surface area is 169 Å². The number of rotatable bonds is 4. The maximum atomic E-state index is 15.2. The second-order valence-corrected chi connectivity index (χ2v) is 8.96. The molecule has 1 nitrogen and oxygen atoms in total. The summed E-state index contributed by atoms with van der Waals surface area (Å²) in [6.07, 6.45) is 2.05. The molecule has 0 amide bonds. The first-order valence-electron chi connectivity index (χ1n) is 10.3. The van der Waals surface area contributed by atoms with Crippen LogP contribution in [0.2, 0.25) is 0 Å². The molecule has 0 bridgehead atoms. The minimum absolute atomic E-state index is 0.113. The monoisotopic (exact) mass is 378 g/mol. The van der Waals surface area contributed by atoms with Gasteiger partial charge >= 0.3 is 0 Å². The molecule has 2 aromatic carbocycles. The number of hydrogen-bond donors (Lipinski definition) is 0. The summed E-state index contributed by atoms with van der Waals surface area (Å²) in [4.78, 5) is 0. The number of fused-ring (bicyclic) bond motifs is 1. The molecule has 0 fully saturated rings. The lowest BCUT2D eigenvalue weighted by Crippen LogP contribution is -2.31. The highest BCUT2D eigenvalue weighted by molar-refractivity contribution is 5.94. The van der Waals surface area contributed by atoms with Crippen molar-refractivity contribution in [2.75, 3.05) is 0 Å². The normalized spacial score (nSPS) is 12.0. The van der Waals surface area contributed by atoms with Crippen LogP contribution in [0.5, 0.6) is 0 Å². The Balaban J connectivity index is 2.31. The first-order chi connectivity index (χ1) is 13.1. The minimum atomic E-state index is -0.113. The molecule has 3 rings (SSSR count). The van der Waals surface area contributed by atoms with Crippen LogP contribution in [-0.4, -0.2) is 0 Å². The molecular formula is C26H33FN+. The fourth-order valence-electron chi connectivity index (χ4n) is 4.79. The van der Waals surface area contributed by atoms with Gasteiger partial charge in [-0.1, -0.05) is 45.9 Å². The van der Waals surface area contributed by atoms with Gasteiger partial charge < -0.3 is 0 Å². The number of aryl methyl sites for hydroxylation is 3. The first kappa shape index (κ1) is 20.5. The molecule has 0 spiro atoms. The molecular weight excluding hydrogens is 345 g/mol. The molecule has 0 saturated heterocycles. The van der Waals surface area contributed by atoms with E-state index in [4.69, 9.17) is 0 Å². The van der Waals surface area contributed by atoms with Crippen LogP contribution >= 0.6 is 0 Å². The van der Waals surface area contributed by atoms with Gasteiger partial charge in [-0.15, -0.1) is 0 Å². The van der Waals surface area contributed by atoms with Crippen LogP contribution < -0.4 is 4.57 Å². The van der Waals surface area contributed by atoms with Crippen molar-refractivity contribution in [1.82, 2.24) is 0 Å². The van der Waals surface area contributed by atoms with E-state index >= 15 is 4.39 Å². The van der Waals surface area contributed by atoms with Gasteiger partial charge in [0, 0.05) is 6.07 Å². The zero-order valence-electron chi connectivity index (χ0n) is 18.5. The molecule has 148 valence electrons. The van der Waals surface area contributed by atoms with Crippen LogP contribution in [0.4, 0.5) is 4.39 Å². The molecule has 0 aliphatic heterocycles. The van der Waals surface area contributed by atoms with Crippen molar-refractivity contribution in [1.29, 1.82) is 0 Å². The summed E-state index contributed by atoms with van der Waals surface area (Å²) in [6.45, 7) is 15.1. The van der Waals surface area contributed by atoms with Gasteiger partial charge in [0.1, 0.15) is 12.9 Å². The fraction of sp³-hybridized carbons (Fsp3) is 0.423. The number of nitrogens with zero attached hydrogens (tertiary/aromatic N) is 1. The van der Waals surface area contributed by atoms with E-state index in [-0.39, 0.29) is 5.82 Å². The number of benzene rings is 2. The molecule has 0 aliphatic rings. The van der Waals surface area contributed by atoms with Gasteiger partial charge in [-0.3, -0.25) is 0 Å². The topological polar surface area (TPSA) is 3.88 Å². The fourth-order valence-corrected chi connectivity index (χ4v) is 4.79. The van der Waals surface area contributed by atoms with Gasteiger partial charge in [0.15, 0.2) is 6.20 Å². The summed E-state index contributed by atoms with van der Waals surface area (Å²) in [7, 11) is 2.00. The quantitative estimate of drug-likeness (QED) is 0.440. The average molecular weight is 379 g/mol. The standard InChI is InChI=1S/C26H33FN/c1-15(2)23(16(3)4)21-9-10-22-20(14-21)11-12-28(8)26(22)24-19(7)17(5)13-18(6)25(24)27/h9-16,23H,1-8H3/q+1. The van der Waals surface area contributed by atoms with Gasteiger partial charge in [-0.25, -0.2) is 8.96 Å². The lowest BCUT2D eigenvalue weighted by Gasteiger charge is -2.25. The summed E-state index contributed by atoms with van der Waals surface area (Å²) in [6, 6.07) is 10.8. The molecule has 2 heteroatoms. The number of aromatic nitrogens is 1. The Bertz CT molecular complexity index is 996. The molecule has 0 unspecified atom stereocenters. The number of halogens is 1. The molecule has 0 N–H and O–H groups in total. The van der Waals surface area contributed by atoms with Crippen molar-refractivity contribution in [3.05, 3.63) is 64.6 Å². The van der Waals surface area contributed by atoms with Crippen molar-refractivity contribution in [2.24, 2.45) is 18.9 Å². The molecule has 3 aromatic rings.